The van der Waals surface area contributed by atoms with E-state index in [-0.39, 0.29) is 29.7 Å². The predicted octanol–water partition coefficient (Wildman–Crippen LogP) is 13.2. The summed E-state index contributed by atoms with van der Waals surface area (Å²) in [6.07, 6.45) is 0. The summed E-state index contributed by atoms with van der Waals surface area (Å²) in [6.45, 7) is 0. The Kier molecular flexibility index (Phi) is 4.66. The Morgan fingerprint density at radius 2 is 0.936 bits per heavy atom. The first-order valence-electron chi connectivity index (χ1n) is 18.3. The van der Waals surface area contributed by atoms with Gasteiger partial charge in [0.25, 0.3) is 0 Å². The van der Waals surface area contributed by atoms with E-state index in [0.717, 1.165) is 43.4 Å². The molecule has 0 saturated heterocycles. The van der Waals surface area contributed by atoms with Crippen LogP contribution in [0.2, 0.25) is 0 Å². The molecule has 0 saturated carbocycles. The molecular weight excluding hydrogens is 569 g/mol. The van der Waals surface area contributed by atoms with E-state index in [1.165, 1.54) is 32.7 Å². The van der Waals surface area contributed by atoms with Gasteiger partial charge in [-0.3, -0.25) is 0 Å². The standard InChI is InChI=1S/C46H28O/c1-2-13-29(14-3-1)32-21-10-25-41-45-40(24-12-26-42(45)47-46(32)41)44-38-19-8-6-17-36(38)43(37-18-7-9-20-39(37)44)35-23-11-22-33-31-16-5-4-15-30(31)27-28-34(33)35/h1-28H/i1D,2D,3D,13D,14D. The van der Waals surface area contributed by atoms with Gasteiger partial charge in [-0.15, -0.1) is 0 Å². The minimum atomic E-state index is -0.420. The molecule has 218 valence electrons. The molecule has 0 aliphatic rings. The van der Waals surface area contributed by atoms with Crippen molar-refractivity contribution in [3.63, 3.8) is 0 Å². The number of para-hydroxylation sites is 1. The first-order valence-corrected chi connectivity index (χ1v) is 15.8. The largest absolute Gasteiger partial charge is 0.455 e. The average Bonchev–Trinajstić information content (AvgIpc) is 3.58. The van der Waals surface area contributed by atoms with Crippen molar-refractivity contribution in [1.82, 2.24) is 0 Å². The zero-order chi connectivity index (χ0) is 35.2. The van der Waals surface area contributed by atoms with Crippen molar-refractivity contribution >= 4 is 65.0 Å². The highest BCUT2D eigenvalue weighted by Crippen LogP contribution is 2.48. The molecule has 1 nitrogen and oxygen atoms in total. The highest BCUT2D eigenvalue weighted by atomic mass is 16.3. The summed E-state index contributed by atoms with van der Waals surface area (Å²) in [4.78, 5) is 0. The van der Waals surface area contributed by atoms with Crippen LogP contribution in [0, 0.1) is 0 Å². The third-order valence-electron chi connectivity index (χ3n) is 9.55. The average molecular weight is 602 g/mol. The van der Waals surface area contributed by atoms with E-state index >= 15 is 0 Å². The van der Waals surface area contributed by atoms with E-state index in [0.29, 0.717) is 16.7 Å². The van der Waals surface area contributed by atoms with Crippen LogP contribution in [0.1, 0.15) is 6.85 Å². The lowest BCUT2D eigenvalue weighted by Crippen LogP contribution is -1.92. The van der Waals surface area contributed by atoms with E-state index in [2.05, 4.69) is 109 Å². The van der Waals surface area contributed by atoms with E-state index in [9.17, 15) is 0 Å². The second kappa shape index (κ2) is 10.2. The summed E-state index contributed by atoms with van der Waals surface area (Å²) in [6, 6.07) is 46.8. The van der Waals surface area contributed by atoms with Crippen LogP contribution >= 0.6 is 0 Å². The topological polar surface area (TPSA) is 13.1 Å². The van der Waals surface area contributed by atoms with Gasteiger partial charge >= 0.3 is 0 Å². The Labute approximate surface area is 279 Å². The molecule has 10 aromatic rings. The van der Waals surface area contributed by atoms with Crippen LogP contribution in [0.3, 0.4) is 0 Å². The van der Waals surface area contributed by atoms with Gasteiger partial charge in [-0.1, -0.05) is 164 Å². The van der Waals surface area contributed by atoms with Crippen LogP contribution in [0.4, 0.5) is 0 Å². The van der Waals surface area contributed by atoms with Crippen molar-refractivity contribution in [2.24, 2.45) is 0 Å². The second-order valence-electron chi connectivity index (χ2n) is 12.0. The Morgan fingerprint density at radius 3 is 1.66 bits per heavy atom. The maximum absolute atomic E-state index is 8.71. The van der Waals surface area contributed by atoms with Crippen molar-refractivity contribution in [2.45, 2.75) is 0 Å². The van der Waals surface area contributed by atoms with Gasteiger partial charge in [0.1, 0.15) is 11.2 Å². The predicted molar refractivity (Wildman–Crippen MR) is 200 cm³/mol. The SMILES string of the molecule is [2H]c1c([2H])c([2H])c(-c2cccc3c2oc2cccc(-c4c5ccccc5c(-c5cccc6c5ccc5ccccc56)c5ccccc45)c23)c([2H])c1[2H]. The summed E-state index contributed by atoms with van der Waals surface area (Å²) >= 11 is 0. The highest BCUT2D eigenvalue weighted by Gasteiger charge is 2.22. The fraction of sp³-hybridized carbons (Fsp3) is 0. The van der Waals surface area contributed by atoms with Crippen LogP contribution < -0.4 is 0 Å². The van der Waals surface area contributed by atoms with Gasteiger partial charge in [0.2, 0.25) is 0 Å². The lowest BCUT2D eigenvalue weighted by molar-refractivity contribution is 0.670. The Bertz CT molecular complexity index is 3050. The molecule has 0 aliphatic heterocycles. The minimum absolute atomic E-state index is 0.125. The highest BCUT2D eigenvalue weighted by molar-refractivity contribution is 6.28. The number of hydrogen-bond donors (Lipinski definition) is 0. The normalized spacial score (nSPS) is 13.3. The molecule has 1 heteroatoms. The molecule has 0 aliphatic carbocycles. The fourth-order valence-electron chi connectivity index (χ4n) is 7.60. The molecule has 47 heavy (non-hydrogen) atoms. The summed E-state index contributed by atoms with van der Waals surface area (Å²) in [5, 5.41) is 11.1. The van der Waals surface area contributed by atoms with Gasteiger partial charge < -0.3 is 4.42 Å². The molecule has 0 N–H and O–H groups in total. The molecule has 0 unspecified atom stereocenters. The Hall–Kier alpha value is -6.18. The molecule has 0 spiro atoms. The van der Waals surface area contributed by atoms with E-state index < -0.39 is 6.04 Å². The summed E-state index contributed by atoms with van der Waals surface area (Å²) in [5.41, 5.74) is 6.17. The Balaban J connectivity index is 1.30. The molecule has 1 heterocycles. The minimum Gasteiger partial charge on any atom is -0.455 e. The monoisotopic (exact) mass is 601 g/mol. The van der Waals surface area contributed by atoms with Crippen LogP contribution in [0.15, 0.2) is 174 Å². The molecular formula is C46H28O. The first kappa shape index (κ1) is 21.5. The number of rotatable bonds is 3. The van der Waals surface area contributed by atoms with Gasteiger partial charge in [-0.2, -0.15) is 0 Å². The van der Waals surface area contributed by atoms with Crippen LogP contribution in [-0.2, 0) is 0 Å². The van der Waals surface area contributed by atoms with Crippen molar-refractivity contribution in [2.75, 3.05) is 0 Å². The number of furan rings is 1. The zero-order valence-corrected chi connectivity index (χ0v) is 25.2. The van der Waals surface area contributed by atoms with Gasteiger partial charge in [-0.25, -0.2) is 0 Å². The van der Waals surface area contributed by atoms with Gasteiger partial charge in [0.15, 0.2) is 0 Å². The smallest absolute Gasteiger partial charge is 0.143 e. The first-order chi connectivity index (χ1) is 25.4. The molecule has 0 amide bonds. The Morgan fingerprint density at radius 1 is 0.383 bits per heavy atom. The van der Waals surface area contributed by atoms with Gasteiger partial charge in [0, 0.05) is 16.3 Å². The number of fused-ring (bicyclic) bond motifs is 8. The summed E-state index contributed by atoms with van der Waals surface area (Å²) < 4.78 is 48.8. The van der Waals surface area contributed by atoms with E-state index in [1.807, 2.05) is 24.3 Å². The van der Waals surface area contributed by atoms with Crippen molar-refractivity contribution in [1.29, 1.82) is 0 Å². The fourth-order valence-corrected chi connectivity index (χ4v) is 7.60. The van der Waals surface area contributed by atoms with Crippen molar-refractivity contribution < 1.29 is 11.3 Å². The lowest BCUT2D eigenvalue weighted by atomic mass is 9.83. The number of benzene rings is 9. The maximum atomic E-state index is 8.71. The van der Waals surface area contributed by atoms with E-state index in [4.69, 9.17) is 11.3 Å². The second-order valence-corrected chi connectivity index (χ2v) is 12.0. The molecule has 0 bridgehead atoms. The molecule has 1 aromatic heterocycles. The van der Waals surface area contributed by atoms with Crippen molar-refractivity contribution in [3.05, 3.63) is 170 Å². The van der Waals surface area contributed by atoms with Gasteiger partial charge in [0.05, 0.1) is 6.85 Å². The summed E-state index contributed by atoms with van der Waals surface area (Å²) in [5.74, 6) is 0. The third-order valence-corrected chi connectivity index (χ3v) is 9.55. The summed E-state index contributed by atoms with van der Waals surface area (Å²) in [7, 11) is 0. The maximum Gasteiger partial charge on any atom is 0.143 e. The quantitative estimate of drug-likeness (QED) is 0.145. The lowest BCUT2D eigenvalue weighted by Gasteiger charge is -2.19. The van der Waals surface area contributed by atoms with Crippen LogP contribution in [-0.4, -0.2) is 0 Å². The molecule has 0 atom stereocenters. The number of hydrogen-bond acceptors (Lipinski definition) is 1. The van der Waals surface area contributed by atoms with Crippen LogP contribution in [0.25, 0.3) is 98.4 Å². The molecule has 0 radical (unpaired) electrons. The zero-order valence-electron chi connectivity index (χ0n) is 30.2. The van der Waals surface area contributed by atoms with Gasteiger partial charge in [-0.05, 0) is 77.0 Å². The molecule has 10 rings (SSSR count). The van der Waals surface area contributed by atoms with Crippen LogP contribution in [0.5, 0.6) is 0 Å². The third kappa shape index (κ3) is 3.84. The van der Waals surface area contributed by atoms with E-state index in [1.54, 1.807) is 6.07 Å². The molecule has 9 aromatic carbocycles. The molecule has 0 fully saturated rings. The van der Waals surface area contributed by atoms with Crippen molar-refractivity contribution in [3.8, 4) is 33.4 Å².